The summed E-state index contributed by atoms with van der Waals surface area (Å²) in [4.78, 5) is 35.6. The van der Waals surface area contributed by atoms with Crippen molar-refractivity contribution < 1.29 is 19.6 Å². The molecule has 3 rings (SSSR count). The summed E-state index contributed by atoms with van der Waals surface area (Å²) in [5, 5.41) is 25.3. The van der Waals surface area contributed by atoms with Gasteiger partial charge in [0.15, 0.2) is 5.78 Å². The summed E-state index contributed by atoms with van der Waals surface area (Å²) in [6, 6.07) is 18.2. The number of amides is 1. The molecule has 7 heteroatoms. The first kappa shape index (κ1) is 18.8. The lowest BCUT2D eigenvalue weighted by atomic mass is 9.98. The molecule has 0 radical (unpaired) electrons. The second-order valence-electron chi connectivity index (χ2n) is 5.97. The first-order chi connectivity index (χ1) is 13.5. The van der Waals surface area contributed by atoms with E-state index in [0.717, 1.165) is 18.2 Å². The summed E-state index contributed by atoms with van der Waals surface area (Å²) in [5.74, 6) is -1.27. The molecule has 1 amide bonds. The molecular weight excluding hydrogens is 360 g/mol. The zero-order valence-corrected chi connectivity index (χ0v) is 14.6. The zero-order valence-electron chi connectivity index (χ0n) is 14.6. The van der Waals surface area contributed by atoms with Gasteiger partial charge in [0.2, 0.25) is 0 Å². The molecule has 0 aliphatic carbocycles. The van der Waals surface area contributed by atoms with Crippen LogP contribution >= 0.6 is 0 Å². The van der Waals surface area contributed by atoms with E-state index in [1.165, 1.54) is 6.07 Å². The lowest BCUT2D eigenvalue weighted by Gasteiger charge is -2.14. The van der Waals surface area contributed by atoms with Crippen molar-refractivity contribution in [3.63, 3.8) is 0 Å². The van der Waals surface area contributed by atoms with Crippen molar-refractivity contribution in [1.82, 2.24) is 5.32 Å². The lowest BCUT2D eigenvalue weighted by molar-refractivity contribution is -0.385. The van der Waals surface area contributed by atoms with Crippen LogP contribution in [0.5, 0.6) is 5.75 Å². The molecule has 7 nitrogen and oxygen atoms in total. The number of non-ortho nitro benzene ring substituents is 1. The third-order valence-electron chi connectivity index (χ3n) is 4.15. The minimum Gasteiger partial charge on any atom is -0.872 e. The third kappa shape index (κ3) is 4.04. The van der Waals surface area contributed by atoms with Gasteiger partial charge in [0.05, 0.1) is 10.5 Å². The van der Waals surface area contributed by atoms with Crippen molar-refractivity contribution in [2.24, 2.45) is 0 Å². The van der Waals surface area contributed by atoms with Crippen molar-refractivity contribution in [3.8, 4) is 5.75 Å². The third-order valence-corrected chi connectivity index (χ3v) is 4.15. The van der Waals surface area contributed by atoms with Gasteiger partial charge in [-0.3, -0.25) is 19.7 Å². The number of carbonyl (C=O) groups excluding carboxylic acids is 2. The molecule has 0 heterocycles. The smallest absolute Gasteiger partial charge is 0.269 e. The van der Waals surface area contributed by atoms with E-state index in [-0.39, 0.29) is 34.7 Å². The number of ketones is 1. The van der Waals surface area contributed by atoms with Gasteiger partial charge in [0.25, 0.3) is 11.6 Å². The highest BCUT2D eigenvalue weighted by atomic mass is 16.6. The number of benzene rings is 3. The fourth-order valence-corrected chi connectivity index (χ4v) is 2.71. The second-order valence-corrected chi connectivity index (χ2v) is 5.97. The minimum atomic E-state index is -0.613. The monoisotopic (exact) mass is 375 g/mol. The molecule has 0 bridgehead atoms. The SMILES string of the molecule is O=C(NCc1cc([N+](=O)[O-])ccc1[O-])c1ccccc1C(=O)c1ccccc1. The van der Waals surface area contributed by atoms with Crippen molar-refractivity contribution in [2.45, 2.75) is 6.54 Å². The van der Waals surface area contributed by atoms with Gasteiger partial charge < -0.3 is 10.4 Å². The van der Waals surface area contributed by atoms with Crippen LogP contribution in [0.3, 0.4) is 0 Å². The van der Waals surface area contributed by atoms with Gasteiger partial charge in [-0.15, -0.1) is 5.75 Å². The Hall–Kier alpha value is -4.00. The van der Waals surface area contributed by atoms with Crippen molar-refractivity contribution in [1.29, 1.82) is 0 Å². The number of rotatable bonds is 6. The van der Waals surface area contributed by atoms with Crippen molar-refractivity contribution in [2.75, 3.05) is 0 Å². The Morgan fingerprint density at radius 1 is 0.893 bits per heavy atom. The van der Waals surface area contributed by atoms with Gasteiger partial charge >= 0.3 is 0 Å². The van der Waals surface area contributed by atoms with Crippen LogP contribution in [-0.2, 0) is 6.54 Å². The quantitative estimate of drug-likeness (QED) is 0.404. The molecule has 1 N–H and O–H groups in total. The average molecular weight is 375 g/mol. The van der Waals surface area contributed by atoms with E-state index in [2.05, 4.69) is 5.32 Å². The van der Waals surface area contributed by atoms with Gasteiger partial charge in [0.1, 0.15) is 0 Å². The maximum Gasteiger partial charge on any atom is 0.269 e. The Labute approximate surface area is 160 Å². The topological polar surface area (TPSA) is 112 Å². The first-order valence-electron chi connectivity index (χ1n) is 8.38. The molecule has 28 heavy (non-hydrogen) atoms. The summed E-state index contributed by atoms with van der Waals surface area (Å²) < 4.78 is 0. The molecule has 0 aromatic heterocycles. The van der Waals surface area contributed by atoms with Crippen LogP contribution in [0.4, 0.5) is 5.69 Å². The van der Waals surface area contributed by atoms with Gasteiger partial charge in [0, 0.05) is 29.8 Å². The number of carbonyl (C=O) groups is 2. The molecule has 0 atom stereocenters. The van der Waals surface area contributed by atoms with E-state index in [9.17, 15) is 24.8 Å². The summed E-state index contributed by atoms with van der Waals surface area (Å²) in [6.07, 6.45) is 0. The molecule has 0 unspecified atom stereocenters. The normalized spacial score (nSPS) is 10.3. The zero-order chi connectivity index (χ0) is 20.1. The Balaban J connectivity index is 1.82. The molecule has 0 saturated carbocycles. The maximum absolute atomic E-state index is 12.7. The lowest BCUT2D eigenvalue weighted by Crippen LogP contribution is -2.25. The molecule has 0 spiro atoms. The Kier molecular flexibility index (Phi) is 5.45. The van der Waals surface area contributed by atoms with E-state index in [0.29, 0.717) is 5.56 Å². The maximum atomic E-state index is 12.7. The van der Waals surface area contributed by atoms with E-state index in [1.807, 2.05) is 0 Å². The molecule has 140 valence electrons. The van der Waals surface area contributed by atoms with Crippen LogP contribution in [0.1, 0.15) is 31.8 Å². The average Bonchev–Trinajstić information content (AvgIpc) is 2.72. The molecule has 0 aliphatic heterocycles. The Morgan fingerprint density at radius 2 is 1.54 bits per heavy atom. The fraction of sp³-hybridized carbons (Fsp3) is 0.0476. The van der Waals surface area contributed by atoms with Crippen LogP contribution in [0.2, 0.25) is 0 Å². The summed E-state index contributed by atoms with van der Waals surface area (Å²) in [7, 11) is 0. The predicted molar refractivity (Wildman–Crippen MR) is 100 cm³/mol. The summed E-state index contributed by atoms with van der Waals surface area (Å²) >= 11 is 0. The minimum absolute atomic E-state index is 0.0921. The van der Waals surface area contributed by atoms with E-state index in [1.54, 1.807) is 48.5 Å². The number of hydrogen-bond acceptors (Lipinski definition) is 5. The molecule has 3 aromatic carbocycles. The Bertz CT molecular complexity index is 1050. The van der Waals surface area contributed by atoms with Gasteiger partial charge in [-0.1, -0.05) is 54.6 Å². The first-order valence-corrected chi connectivity index (χ1v) is 8.38. The van der Waals surface area contributed by atoms with Crippen LogP contribution in [0, 0.1) is 10.1 Å². The fourth-order valence-electron chi connectivity index (χ4n) is 2.71. The van der Waals surface area contributed by atoms with E-state index < -0.39 is 16.6 Å². The van der Waals surface area contributed by atoms with Gasteiger partial charge in [-0.05, 0) is 11.6 Å². The number of nitro groups is 1. The van der Waals surface area contributed by atoms with Gasteiger partial charge in [-0.2, -0.15) is 0 Å². The number of nitrogens with zero attached hydrogens (tertiary/aromatic N) is 1. The van der Waals surface area contributed by atoms with Gasteiger partial charge in [-0.25, -0.2) is 0 Å². The summed E-state index contributed by atoms with van der Waals surface area (Å²) in [6.45, 7) is -0.187. The highest BCUT2D eigenvalue weighted by Crippen LogP contribution is 2.21. The van der Waals surface area contributed by atoms with Crippen LogP contribution in [0.25, 0.3) is 0 Å². The highest BCUT2D eigenvalue weighted by Gasteiger charge is 2.18. The number of hydrogen-bond donors (Lipinski definition) is 1. The standard InChI is InChI=1S/C21H16N2O5/c24-19-11-10-16(23(27)28)12-15(19)13-22-21(26)18-9-5-4-8-17(18)20(25)14-6-2-1-3-7-14/h1-12,24H,13H2,(H,22,26)/p-1. The molecule has 3 aromatic rings. The number of nitrogens with one attached hydrogen (secondary N) is 1. The summed E-state index contributed by atoms with van der Waals surface area (Å²) in [5.41, 5.74) is 0.697. The van der Waals surface area contributed by atoms with Crippen LogP contribution in [-0.4, -0.2) is 16.6 Å². The molecular formula is C21H15N2O5-. The Morgan fingerprint density at radius 3 is 2.21 bits per heavy atom. The largest absolute Gasteiger partial charge is 0.872 e. The highest BCUT2D eigenvalue weighted by molar-refractivity contribution is 6.15. The van der Waals surface area contributed by atoms with E-state index >= 15 is 0 Å². The molecule has 0 saturated heterocycles. The van der Waals surface area contributed by atoms with Crippen LogP contribution < -0.4 is 10.4 Å². The number of nitro benzene ring substituents is 1. The molecule has 0 fully saturated rings. The van der Waals surface area contributed by atoms with E-state index in [4.69, 9.17) is 0 Å². The second kappa shape index (κ2) is 8.13. The molecule has 0 aliphatic rings. The predicted octanol–water partition coefficient (Wildman–Crippen LogP) is 2.83. The van der Waals surface area contributed by atoms with Crippen molar-refractivity contribution in [3.05, 3.63) is 105 Å². The van der Waals surface area contributed by atoms with Crippen molar-refractivity contribution >= 4 is 17.4 Å². The van der Waals surface area contributed by atoms with Crippen LogP contribution in [0.15, 0.2) is 72.8 Å².